The molecule has 1 aromatic carbocycles. The Labute approximate surface area is 139 Å². The molecule has 0 aliphatic carbocycles. The van der Waals surface area contributed by atoms with Gasteiger partial charge in [0.1, 0.15) is 11.4 Å². The van der Waals surface area contributed by atoms with Gasteiger partial charge < -0.3 is 10.4 Å². The lowest BCUT2D eigenvalue weighted by Crippen LogP contribution is -2.34. The predicted molar refractivity (Wildman–Crippen MR) is 92.2 cm³/mol. The van der Waals surface area contributed by atoms with E-state index in [-0.39, 0.29) is 11.6 Å². The standard InChI is InChI=1S/C18H19N3O3/c1-11-4-3-5-14(8-11)19-9-13-7-6-12(2)21-16(13)20-10-15(17(21)22)18(23)24/h3-5,8-10,12,19H,6-7H2,1-2H3,(H,23,24)/b13-9+/t12-/m1/s1. The molecular weight excluding hydrogens is 306 g/mol. The van der Waals surface area contributed by atoms with E-state index in [4.69, 9.17) is 5.11 Å². The monoisotopic (exact) mass is 325 g/mol. The van der Waals surface area contributed by atoms with E-state index in [9.17, 15) is 9.59 Å². The van der Waals surface area contributed by atoms with E-state index in [0.29, 0.717) is 5.82 Å². The largest absolute Gasteiger partial charge is 0.477 e. The molecule has 1 aromatic heterocycles. The maximum absolute atomic E-state index is 12.4. The number of nitrogens with zero attached hydrogens (tertiary/aromatic N) is 2. The summed E-state index contributed by atoms with van der Waals surface area (Å²) in [6.45, 7) is 3.92. The molecule has 0 unspecified atom stereocenters. The molecule has 0 fully saturated rings. The van der Waals surface area contributed by atoms with Gasteiger partial charge in [0.25, 0.3) is 5.56 Å². The minimum atomic E-state index is -1.25. The van der Waals surface area contributed by atoms with Gasteiger partial charge in [-0.1, -0.05) is 12.1 Å². The van der Waals surface area contributed by atoms with Crippen LogP contribution in [0.4, 0.5) is 5.69 Å². The zero-order valence-corrected chi connectivity index (χ0v) is 13.6. The fraction of sp³-hybridized carbons (Fsp3) is 0.278. The van der Waals surface area contributed by atoms with Crippen molar-refractivity contribution in [3.05, 3.63) is 64.0 Å². The molecule has 1 aliphatic heterocycles. The number of anilines is 1. The number of fused-ring (bicyclic) bond motifs is 1. The minimum absolute atomic E-state index is 0.0737. The van der Waals surface area contributed by atoms with Crippen LogP contribution in [-0.4, -0.2) is 20.6 Å². The van der Waals surface area contributed by atoms with Gasteiger partial charge in [-0.25, -0.2) is 9.78 Å². The number of nitrogens with one attached hydrogen (secondary N) is 1. The summed E-state index contributed by atoms with van der Waals surface area (Å²) in [6, 6.07) is 7.90. The highest BCUT2D eigenvalue weighted by Gasteiger charge is 2.25. The SMILES string of the molecule is Cc1cccc(N/C=C2\CC[C@@H](C)n3c2ncc(C(=O)O)c3=O)c1. The number of benzene rings is 1. The number of allylic oxidation sites excluding steroid dienone is 1. The van der Waals surface area contributed by atoms with Crippen molar-refractivity contribution < 1.29 is 9.90 Å². The van der Waals surface area contributed by atoms with Crippen LogP contribution in [0.25, 0.3) is 5.57 Å². The molecule has 2 N–H and O–H groups in total. The number of hydrogen-bond acceptors (Lipinski definition) is 4. The molecule has 0 bridgehead atoms. The fourth-order valence-corrected chi connectivity index (χ4v) is 2.91. The highest BCUT2D eigenvalue weighted by Crippen LogP contribution is 2.29. The Kier molecular flexibility index (Phi) is 4.20. The molecule has 0 amide bonds. The molecule has 0 spiro atoms. The molecule has 124 valence electrons. The fourth-order valence-electron chi connectivity index (χ4n) is 2.91. The van der Waals surface area contributed by atoms with Gasteiger partial charge in [-0.15, -0.1) is 0 Å². The van der Waals surface area contributed by atoms with Crippen molar-refractivity contribution in [1.29, 1.82) is 0 Å². The van der Waals surface area contributed by atoms with Crippen LogP contribution in [0.1, 0.15) is 47.6 Å². The van der Waals surface area contributed by atoms with E-state index >= 15 is 0 Å². The Bertz CT molecular complexity index is 883. The number of aryl methyl sites for hydroxylation is 1. The average molecular weight is 325 g/mol. The quantitative estimate of drug-likeness (QED) is 0.906. The topological polar surface area (TPSA) is 84.2 Å². The summed E-state index contributed by atoms with van der Waals surface area (Å²) in [4.78, 5) is 27.8. The molecule has 0 radical (unpaired) electrons. The van der Waals surface area contributed by atoms with Crippen molar-refractivity contribution in [3.8, 4) is 0 Å². The van der Waals surface area contributed by atoms with Gasteiger partial charge in [-0.05, 0) is 44.4 Å². The van der Waals surface area contributed by atoms with E-state index in [1.165, 1.54) is 4.57 Å². The maximum Gasteiger partial charge on any atom is 0.342 e. The summed E-state index contributed by atoms with van der Waals surface area (Å²) >= 11 is 0. The molecule has 24 heavy (non-hydrogen) atoms. The lowest BCUT2D eigenvalue weighted by molar-refractivity contribution is 0.0693. The molecule has 1 aliphatic rings. The summed E-state index contributed by atoms with van der Waals surface area (Å²) in [5.41, 5.74) is 2.21. The van der Waals surface area contributed by atoms with Crippen LogP contribution in [0.5, 0.6) is 0 Å². The van der Waals surface area contributed by atoms with Crippen molar-refractivity contribution in [3.63, 3.8) is 0 Å². The number of carbonyl (C=O) groups is 1. The zero-order chi connectivity index (χ0) is 17.3. The number of aromatic carboxylic acids is 1. The second-order valence-corrected chi connectivity index (χ2v) is 6.05. The third kappa shape index (κ3) is 2.95. The first-order valence-electron chi connectivity index (χ1n) is 7.85. The molecule has 1 atom stereocenters. The first-order valence-corrected chi connectivity index (χ1v) is 7.85. The van der Waals surface area contributed by atoms with Gasteiger partial charge in [-0.3, -0.25) is 9.36 Å². The number of rotatable bonds is 3. The summed E-state index contributed by atoms with van der Waals surface area (Å²) in [7, 11) is 0. The van der Waals surface area contributed by atoms with Crippen molar-refractivity contribution in [2.75, 3.05) is 5.32 Å². The molecule has 6 nitrogen and oxygen atoms in total. The molecule has 6 heteroatoms. The van der Waals surface area contributed by atoms with Gasteiger partial charge in [0.2, 0.25) is 0 Å². The van der Waals surface area contributed by atoms with Gasteiger partial charge in [0.15, 0.2) is 0 Å². The first kappa shape index (κ1) is 16.0. The summed E-state index contributed by atoms with van der Waals surface area (Å²) < 4.78 is 1.48. The van der Waals surface area contributed by atoms with Crippen LogP contribution < -0.4 is 10.9 Å². The van der Waals surface area contributed by atoms with E-state index in [2.05, 4.69) is 10.3 Å². The minimum Gasteiger partial charge on any atom is -0.477 e. The summed E-state index contributed by atoms with van der Waals surface area (Å²) in [6.07, 6.45) is 4.53. The maximum atomic E-state index is 12.4. The summed E-state index contributed by atoms with van der Waals surface area (Å²) in [5, 5.41) is 12.4. The van der Waals surface area contributed by atoms with E-state index in [1.807, 2.05) is 44.3 Å². The van der Waals surface area contributed by atoms with Crippen LogP contribution in [-0.2, 0) is 0 Å². The van der Waals surface area contributed by atoms with Crippen LogP contribution in [0, 0.1) is 6.92 Å². The Morgan fingerprint density at radius 3 is 2.96 bits per heavy atom. The molecular formula is C18H19N3O3. The van der Waals surface area contributed by atoms with Crippen molar-refractivity contribution in [1.82, 2.24) is 9.55 Å². The lowest BCUT2D eigenvalue weighted by atomic mass is 10.0. The second-order valence-electron chi connectivity index (χ2n) is 6.05. The molecule has 0 saturated carbocycles. The van der Waals surface area contributed by atoms with Crippen molar-refractivity contribution in [2.45, 2.75) is 32.7 Å². The number of carboxylic acids is 1. The highest BCUT2D eigenvalue weighted by atomic mass is 16.4. The molecule has 2 heterocycles. The normalized spacial score (nSPS) is 18.2. The van der Waals surface area contributed by atoms with Crippen molar-refractivity contribution >= 4 is 17.2 Å². The van der Waals surface area contributed by atoms with Gasteiger partial charge in [-0.2, -0.15) is 0 Å². The average Bonchev–Trinajstić information content (AvgIpc) is 2.54. The second kappa shape index (κ2) is 6.31. The molecule has 0 saturated heterocycles. The van der Waals surface area contributed by atoms with E-state index < -0.39 is 11.5 Å². The van der Waals surface area contributed by atoms with Crippen molar-refractivity contribution in [2.24, 2.45) is 0 Å². The van der Waals surface area contributed by atoms with Crippen LogP contribution in [0.15, 0.2) is 41.5 Å². The lowest BCUT2D eigenvalue weighted by Gasteiger charge is -2.26. The third-order valence-electron chi connectivity index (χ3n) is 4.21. The van der Waals surface area contributed by atoms with Crippen LogP contribution in [0.2, 0.25) is 0 Å². The Hall–Kier alpha value is -2.89. The Balaban J connectivity index is 2.00. The smallest absolute Gasteiger partial charge is 0.342 e. The molecule has 2 aromatic rings. The molecule has 3 rings (SSSR count). The third-order valence-corrected chi connectivity index (χ3v) is 4.21. The Morgan fingerprint density at radius 1 is 1.46 bits per heavy atom. The first-order chi connectivity index (χ1) is 11.5. The number of carboxylic acid groups (broad SMARTS) is 1. The van der Waals surface area contributed by atoms with E-state index in [1.54, 1.807) is 0 Å². The summed E-state index contributed by atoms with van der Waals surface area (Å²) in [5.74, 6) is -0.715. The van der Waals surface area contributed by atoms with E-state index in [0.717, 1.165) is 35.9 Å². The number of hydrogen-bond donors (Lipinski definition) is 2. The highest BCUT2D eigenvalue weighted by molar-refractivity contribution is 5.87. The van der Waals surface area contributed by atoms with Gasteiger partial charge in [0, 0.05) is 29.7 Å². The van der Waals surface area contributed by atoms with Gasteiger partial charge in [0.05, 0.1) is 0 Å². The predicted octanol–water partition coefficient (Wildman–Crippen LogP) is 3.06. The van der Waals surface area contributed by atoms with Gasteiger partial charge >= 0.3 is 5.97 Å². The Morgan fingerprint density at radius 2 is 2.25 bits per heavy atom. The number of aromatic nitrogens is 2. The zero-order valence-electron chi connectivity index (χ0n) is 13.6. The van der Waals surface area contributed by atoms with Crippen LogP contribution in [0.3, 0.4) is 0 Å². The van der Waals surface area contributed by atoms with Crippen LogP contribution >= 0.6 is 0 Å².